The molecule has 0 unspecified atom stereocenters. The number of carbonyl (C=O) groups excluding carboxylic acids is 1. The molecule has 2 fully saturated rings. The van der Waals surface area contributed by atoms with Crippen molar-refractivity contribution >= 4 is 15.9 Å². The van der Waals surface area contributed by atoms with E-state index >= 15 is 0 Å². The first-order valence-electron chi connectivity index (χ1n) is 7.46. The van der Waals surface area contributed by atoms with E-state index in [1.807, 2.05) is 4.90 Å². The molecule has 0 spiro atoms. The van der Waals surface area contributed by atoms with Crippen molar-refractivity contribution in [3.8, 4) is 0 Å². The van der Waals surface area contributed by atoms with Crippen LogP contribution >= 0.6 is 0 Å². The highest BCUT2D eigenvalue weighted by atomic mass is 32.2. The van der Waals surface area contributed by atoms with Crippen molar-refractivity contribution in [2.75, 3.05) is 52.2 Å². The number of sulfonamides is 1. The second-order valence-electron chi connectivity index (χ2n) is 6.29. The van der Waals surface area contributed by atoms with Gasteiger partial charge in [-0.05, 0) is 0 Å². The summed E-state index contributed by atoms with van der Waals surface area (Å²) in [5, 5.41) is 10.6. The van der Waals surface area contributed by atoms with Gasteiger partial charge in [0.05, 0.1) is 17.8 Å². The quantitative estimate of drug-likeness (QED) is 0.627. The number of nitrogens with two attached hydrogens (primary N) is 1. The zero-order chi connectivity index (χ0) is 16.4. The fraction of sp³-hybridized carbons (Fsp3) is 0.923. The monoisotopic (exact) mass is 335 g/mol. The van der Waals surface area contributed by atoms with Gasteiger partial charge in [-0.25, -0.2) is 12.7 Å². The molecule has 1 atom stereocenters. The number of carbonyl (C=O) groups is 1. The zero-order valence-electron chi connectivity index (χ0n) is 12.9. The maximum atomic E-state index is 11.8. The molecule has 3 N–H and O–H groups in total. The predicted octanol–water partition coefficient (Wildman–Crippen LogP) is -1.79. The highest BCUT2D eigenvalue weighted by molar-refractivity contribution is 7.88. The molecule has 2 saturated heterocycles. The fourth-order valence-electron chi connectivity index (χ4n) is 3.00. The lowest BCUT2D eigenvalue weighted by Gasteiger charge is -2.37. The number of amides is 1. The lowest BCUT2D eigenvalue weighted by atomic mass is 9.93. The minimum atomic E-state index is -3.37. The van der Waals surface area contributed by atoms with Crippen LogP contribution in [-0.2, 0) is 19.6 Å². The van der Waals surface area contributed by atoms with E-state index in [4.69, 9.17) is 10.5 Å². The van der Waals surface area contributed by atoms with Gasteiger partial charge in [0.25, 0.3) is 0 Å². The second-order valence-corrected chi connectivity index (χ2v) is 8.27. The molecular formula is C13H25N3O5S. The van der Waals surface area contributed by atoms with E-state index in [2.05, 4.69) is 0 Å². The lowest BCUT2D eigenvalue weighted by Crippen LogP contribution is -2.49. The van der Waals surface area contributed by atoms with Gasteiger partial charge in [0, 0.05) is 58.8 Å². The number of nitrogens with zero attached hydrogens (tertiary/aromatic N) is 2. The van der Waals surface area contributed by atoms with E-state index in [0.29, 0.717) is 52.2 Å². The molecular weight excluding hydrogens is 310 g/mol. The van der Waals surface area contributed by atoms with Crippen molar-refractivity contribution in [3.05, 3.63) is 0 Å². The molecule has 0 saturated carbocycles. The average Bonchev–Trinajstić information content (AvgIpc) is 2.61. The summed E-state index contributed by atoms with van der Waals surface area (Å²) >= 11 is 0. The van der Waals surface area contributed by atoms with Crippen LogP contribution in [0.5, 0.6) is 0 Å². The third-order valence-electron chi connectivity index (χ3n) is 4.38. The maximum absolute atomic E-state index is 11.8. The molecule has 22 heavy (non-hydrogen) atoms. The lowest BCUT2D eigenvalue weighted by molar-refractivity contribution is -0.123. The third-order valence-corrected chi connectivity index (χ3v) is 5.65. The number of primary amides is 1. The van der Waals surface area contributed by atoms with Crippen LogP contribution < -0.4 is 5.73 Å². The number of ether oxygens (including phenoxy) is 1. The van der Waals surface area contributed by atoms with Crippen molar-refractivity contribution in [2.24, 2.45) is 11.7 Å². The summed E-state index contributed by atoms with van der Waals surface area (Å²) in [7, 11) is -3.37. The minimum Gasteiger partial charge on any atom is -0.388 e. The SMILES string of the molecule is CS(=O)(=O)N1CCN(CC2(O)CCOCC2)C[C@@H](C(N)=O)C1. The topological polar surface area (TPSA) is 113 Å². The number of hydrogen-bond donors (Lipinski definition) is 2. The summed E-state index contributed by atoms with van der Waals surface area (Å²) in [6, 6.07) is 0. The largest absolute Gasteiger partial charge is 0.388 e. The van der Waals surface area contributed by atoms with E-state index in [0.717, 1.165) is 6.26 Å². The number of rotatable bonds is 4. The van der Waals surface area contributed by atoms with Gasteiger partial charge in [-0.2, -0.15) is 0 Å². The maximum Gasteiger partial charge on any atom is 0.223 e. The Kier molecular flexibility index (Phi) is 5.44. The molecule has 0 aromatic carbocycles. The molecule has 0 aliphatic carbocycles. The van der Waals surface area contributed by atoms with Gasteiger partial charge in [0.1, 0.15) is 0 Å². The Morgan fingerprint density at radius 1 is 1.32 bits per heavy atom. The number of aliphatic hydroxyl groups is 1. The van der Waals surface area contributed by atoms with Crippen molar-refractivity contribution < 1.29 is 23.1 Å². The normalized spacial score (nSPS) is 28.2. The van der Waals surface area contributed by atoms with Gasteiger partial charge in [0.2, 0.25) is 15.9 Å². The van der Waals surface area contributed by atoms with E-state index in [1.165, 1.54) is 4.31 Å². The first-order valence-corrected chi connectivity index (χ1v) is 9.31. The van der Waals surface area contributed by atoms with E-state index in [1.54, 1.807) is 0 Å². The van der Waals surface area contributed by atoms with Crippen LogP contribution in [0, 0.1) is 5.92 Å². The summed E-state index contributed by atoms with van der Waals surface area (Å²) in [6.45, 7) is 2.67. The molecule has 128 valence electrons. The van der Waals surface area contributed by atoms with E-state index in [9.17, 15) is 18.3 Å². The van der Waals surface area contributed by atoms with E-state index in [-0.39, 0.29) is 6.54 Å². The molecule has 2 aliphatic rings. The number of β-amino-alcohol motifs (C(OH)–C–C–N with tert-alkyl or cyclic N) is 1. The first kappa shape index (κ1) is 17.6. The standard InChI is InChI=1S/C13H25N3O5S/c1-22(19,20)16-5-4-15(8-11(9-16)12(14)17)10-13(18)2-6-21-7-3-13/h11,18H,2-10H2,1H3,(H2,14,17)/t11-/m1/s1. The van der Waals surface area contributed by atoms with Gasteiger partial charge in [0.15, 0.2) is 0 Å². The summed E-state index contributed by atoms with van der Waals surface area (Å²) < 4.78 is 30.1. The molecule has 9 heteroatoms. The van der Waals surface area contributed by atoms with Gasteiger partial charge in [-0.15, -0.1) is 0 Å². The smallest absolute Gasteiger partial charge is 0.223 e. The van der Waals surface area contributed by atoms with Crippen molar-refractivity contribution in [3.63, 3.8) is 0 Å². The third kappa shape index (κ3) is 4.63. The summed E-state index contributed by atoms with van der Waals surface area (Å²) in [6.07, 6.45) is 2.22. The molecule has 2 heterocycles. The minimum absolute atomic E-state index is 0.103. The van der Waals surface area contributed by atoms with Crippen LogP contribution in [0.25, 0.3) is 0 Å². The number of hydrogen-bond acceptors (Lipinski definition) is 6. The van der Waals surface area contributed by atoms with E-state index < -0.39 is 27.4 Å². The summed E-state index contributed by atoms with van der Waals surface area (Å²) in [5.74, 6) is -1.08. The van der Waals surface area contributed by atoms with Crippen LogP contribution in [-0.4, -0.2) is 86.4 Å². The Balaban J connectivity index is 2.07. The van der Waals surface area contributed by atoms with Crippen molar-refractivity contribution in [2.45, 2.75) is 18.4 Å². The Bertz CT molecular complexity index is 504. The highest BCUT2D eigenvalue weighted by Crippen LogP contribution is 2.23. The zero-order valence-corrected chi connectivity index (χ0v) is 13.7. The molecule has 0 bridgehead atoms. The van der Waals surface area contributed by atoms with Crippen LogP contribution in [0.1, 0.15) is 12.8 Å². The van der Waals surface area contributed by atoms with Crippen LogP contribution in [0.3, 0.4) is 0 Å². The molecule has 2 rings (SSSR count). The molecule has 0 radical (unpaired) electrons. The van der Waals surface area contributed by atoms with Crippen LogP contribution in [0.2, 0.25) is 0 Å². The highest BCUT2D eigenvalue weighted by Gasteiger charge is 2.36. The van der Waals surface area contributed by atoms with Gasteiger partial charge in [-0.3, -0.25) is 9.69 Å². The van der Waals surface area contributed by atoms with Crippen molar-refractivity contribution in [1.82, 2.24) is 9.21 Å². The predicted molar refractivity (Wildman–Crippen MR) is 80.5 cm³/mol. The van der Waals surface area contributed by atoms with Gasteiger partial charge < -0.3 is 15.6 Å². The van der Waals surface area contributed by atoms with Crippen molar-refractivity contribution in [1.29, 1.82) is 0 Å². The second kappa shape index (κ2) is 6.79. The van der Waals surface area contributed by atoms with Crippen LogP contribution in [0.4, 0.5) is 0 Å². The first-order chi connectivity index (χ1) is 10.2. The Labute approximate surface area is 131 Å². The molecule has 0 aromatic rings. The Morgan fingerprint density at radius 3 is 2.50 bits per heavy atom. The van der Waals surface area contributed by atoms with Crippen LogP contribution in [0.15, 0.2) is 0 Å². The van der Waals surface area contributed by atoms with Gasteiger partial charge in [-0.1, -0.05) is 0 Å². The summed E-state index contributed by atoms with van der Waals surface area (Å²) in [5.41, 5.74) is 4.55. The molecule has 1 amide bonds. The molecule has 8 nitrogen and oxygen atoms in total. The fourth-order valence-corrected chi connectivity index (χ4v) is 3.87. The molecule has 2 aliphatic heterocycles. The molecule has 0 aromatic heterocycles. The summed E-state index contributed by atoms with van der Waals surface area (Å²) in [4.78, 5) is 13.5. The average molecular weight is 335 g/mol. The Hall–Kier alpha value is -0.740. The van der Waals surface area contributed by atoms with Gasteiger partial charge >= 0.3 is 0 Å². The Morgan fingerprint density at radius 2 is 1.95 bits per heavy atom.